The molecule has 0 rings (SSSR count). The van der Waals surface area contributed by atoms with Gasteiger partial charge in [-0.05, 0) is 20.0 Å². The van der Waals surface area contributed by atoms with E-state index in [0.717, 1.165) is 6.54 Å². The van der Waals surface area contributed by atoms with E-state index in [0.29, 0.717) is 13.0 Å². The molecule has 0 spiro atoms. The van der Waals surface area contributed by atoms with Gasteiger partial charge in [-0.2, -0.15) is 0 Å². The zero-order chi connectivity index (χ0) is 12.6. The van der Waals surface area contributed by atoms with E-state index in [1.807, 2.05) is 18.9 Å². The van der Waals surface area contributed by atoms with Gasteiger partial charge in [0.2, 0.25) is 0 Å². The van der Waals surface area contributed by atoms with E-state index in [1.54, 1.807) is 6.92 Å². The number of aliphatic hydroxyl groups is 1. The molecule has 6 nitrogen and oxygen atoms in total. The summed E-state index contributed by atoms with van der Waals surface area (Å²) < 4.78 is 20.6. The van der Waals surface area contributed by atoms with Crippen LogP contribution in [0.25, 0.3) is 0 Å². The number of phosphoric acid groups is 1. The Morgan fingerprint density at radius 2 is 2.00 bits per heavy atom. The minimum Gasteiger partial charge on any atom is -0.391 e. The molecule has 0 aromatic carbocycles. The van der Waals surface area contributed by atoms with Gasteiger partial charge in [0.25, 0.3) is 0 Å². The van der Waals surface area contributed by atoms with Gasteiger partial charge in [0.05, 0.1) is 19.3 Å². The molecule has 16 heavy (non-hydrogen) atoms. The fourth-order valence-electron chi connectivity index (χ4n) is 0.805. The summed E-state index contributed by atoms with van der Waals surface area (Å²) in [5.41, 5.74) is 0. The first-order chi connectivity index (χ1) is 7.41. The van der Waals surface area contributed by atoms with Crippen LogP contribution in [0.2, 0.25) is 0 Å². The topological polar surface area (TPSA) is 79.2 Å². The average Bonchev–Trinajstić information content (AvgIpc) is 2.25. The molecule has 98 valence electrons. The molecule has 2 N–H and O–H groups in total. The van der Waals surface area contributed by atoms with Crippen molar-refractivity contribution in [2.45, 2.75) is 26.4 Å². The normalized spacial score (nSPS) is 17.4. The zero-order valence-corrected chi connectivity index (χ0v) is 11.0. The third-order valence-corrected chi connectivity index (χ3v) is 3.15. The smallest absolute Gasteiger partial charge is 0.391 e. The van der Waals surface area contributed by atoms with Crippen molar-refractivity contribution in [3.63, 3.8) is 0 Å². The first kappa shape index (κ1) is 16.0. The molecule has 2 unspecified atom stereocenters. The van der Waals surface area contributed by atoms with Gasteiger partial charge in [-0.3, -0.25) is 9.05 Å². The van der Waals surface area contributed by atoms with Crippen molar-refractivity contribution >= 4 is 7.82 Å². The van der Waals surface area contributed by atoms with Crippen molar-refractivity contribution in [1.82, 2.24) is 4.90 Å². The standard InChI is InChI=1S/C9H22NO5P/c1-4-9(11)8-15-16(12,13)14-7-6-10(3)5-2/h9,11H,4-8H2,1-3H3,(H,12,13). The maximum atomic E-state index is 11.3. The highest BCUT2D eigenvalue weighted by Crippen LogP contribution is 2.43. The van der Waals surface area contributed by atoms with Crippen LogP contribution in [0.3, 0.4) is 0 Å². The highest BCUT2D eigenvalue weighted by Gasteiger charge is 2.22. The van der Waals surface area contributed by atoms with Gasteiger partial charge < -0.3 is 14.9 Å². The first-order valence-electron chi connectivity index (χ1n) is 5.39. The van der Waals surface area contributed by atoms with Gasteiger partial charge in [0, 0.05) is 6.54 Å². The fraction of sp³-hybridized carbons (Fsp3) is 1.00. The molecule has 0 aliphatic carbocycles. The second-order valence-corrected chi connectivity index (χ2v) is 5.01. The van der Waals surface area contributed by atoms with Crippen molar-refractivity contribution in [1.29, 1.82) is 0 Å². The Kier molecular flexibility index (Phi) is 8.18. The van der Waals surface area contributed by atoms with Crippen molar-refractivity contribution in [3.05, 3.63) is 0 Å². The van der Waals surface area contributed by atoms with Crippen LogP contribution in [-0.4, -0.2) is 54.4 Å². The van der Waals surface area contributed by atoms with E-state index in [2.05, 4.69) is 4.52 Å². The molecule has 0 aromatic heterocycles. The number of hydrogen-bond acceptors (Lipinski definition) is 5. The number of nitrogens with zero attached hydrogens (tertiary/aromatic N) is 1. The largest absolute Gasteiger partial charge is 0.472 e. The molecule has 2 atom stereocenters. The molecule has 0 amide bonds. The Hall–Kier alpha value is 0.0300. The average molecular weight is 255 g/mol. The monoisotopic (exact) mass is 255 g/mol. The molecule has 0 bridgehead atoms. The Labute approximate surface area is 96.8 Å². The summed E-state index contributed by atoms with van der Waals surface area (Å²) in [4.78, 5) is 11.2. The molecular formula is C9H22NO5P. The third kappa shape index (κ3) is 8.21. The molecule has 0 aliphatic rings. The minimum atomic E-state index is -4.01. The molecule has 0 aliphatic heterocycles. The summed E-state index contributed by atoms with van der Waals surface area (Å²) in [7, 11) is -2.13. The fourth-order valence-corrected chi connectivity index (χ4v) is 1.55. The Morgan fingerprint density at radius 1 is 1.38 bits per heavy atom. The lowest BCUT2D eigenvalue weighted by Crippen LogP contribution is -2.22. The molecule has 0 fully saturated rings. The van der Waals surface area contributed by atoms with E-state index in [4.69, 9.17) is 9.63 Å². The van der Waals surface area contributed by atoms with Gasteiger partial charge in [-0.1, -0.05) is 13.8 Å². The lowest BCUT2D eigenvalue weighted by Gasteiger charge is -2.17. The molecule has 0 saturated heterocycles. The number of likely N-dealkylation sites (N-methyl/N-ethyl adjacent to an activating group) is 1. The van der Waals surface area contributed by atoms with Crippen LogP contribution in [0, 0.1) is 0 Å². The van der Waals surface area contributed by atoms with Crippen LogP contribution in [-0.2, 0) is 13.6 Å². The van der Waals surface area contributed by atoms with Gasteiger partial charge in [-0.15, -0.1) is 0 Å². The molecule has 0 aromatic rings. The van der Waals surface area contributed by atoms with Gasteiger partial charge in [-0.25, -0.2) is 4.57 Å². The van der Waals surface area contributed by atoms with E-state index in [9.17, 15) is 9.46 Å². The summed E-state index contributed by atoms with van der Waals surface area (Å²) in [6.07, 6.45) is -0.263. The van der Waals surface area contributed by atoms with Gasteiger partial charge in [0.15, 0.2) is 0 Å². The highest BCUT2D eigenvalue weighted by molar-refractivity contribution is 7.47. The predicted molar refractivity (Wildman–Crippen MR) is 61.2 cm³/mol. The van der Waals surface area contributed by atoms with Crippen LogP contribution in [0.5, 0.6) is 0 Å². The van der Waals surface area contributed by atoms with Crippen LogP contribution < -0.4 is 0 Å². The second-order valence-electron chi connectivity index (χ2n) is 3.56. The van der Waals surface area contributed by atoms with Crippen LogP contribution in [0.4, 0.5) is 0 Å². The summed E-state index contributed by atoms with van der Waals surface area (Å²) in [5, 5.41) is 9.15. The highest BCUT2D eigenvalue weighted by atomic mass is 31.2. The Balaban J connectivity index is 3.74. The predicted octanol–water partition coefficient (Wildman–Crippen LogP) is 0.843. The van der Waals surface area contributed by atoms with Gasteiger partial charge >= 0.3 is 7.82 Å². The maximum Gasteiger partial charge on any atom is 0.472 e. The van der Waals surface area contributed by atoms with E-state index in [-0.39, 0.29) is 13.2 Å². The van der Waals surface area contributed by atoms with Crippen molar-refractivity contribution in [2.24, 2.45) is 0 Å². The van der Waals surface area contributed by atoms with Gasteiger partial charge in [0.1, 0.15) is 0 Å². The van der Waals surface area contributed by atoms with Crippen molar-refractivity contribution in [2.75, 3.05) is 33.4 Å². The number of hydrogen-bond donors (Lipinski definition) is 2. The van der Waals surface area contributed by atoms with Crippen LogP contribution >= 0.6 is 7.82 Å². The van der Waals surface area contributed by atoms with E-state index in [1.165, 1.54) is 0 Å². The second kappa shape index (κ2) is 8.17. The molecule has 7 heteroatoms. The zero-order valence-electron chi connectivity index (χ0n) is 10.1. The molecule has 0 heterocycles. The van der Waals surface area contributed by atoms with Crippen LogP contribution in [0.1, 0.15) is 20.3 Å². The molecule has 0 radical (unpaired) electrons. The SMILES string of the molecule is CCC(O)COP(=O)(O)OCCN(C)CC. The number of rotatable bonds is 9. The maximum absolute atomic E-state index is 11.3. The van der Waals surface area contributed by atoms with Crippen LogP contribution in [0.15, 0.2) is 0 Å². The lowest BCUT2D eigenvalue weighted by atomic mass is 10.3. The van der Waals surface area contributed by atoms with Crippen molar-refractivity contribution in [3.8, 4) is 0 Å². The molecular weight excluding hydrogens is 233 g/mol. The summed E-state index contributed by atoms with van der Waals surface area (Å²) in [6.45, 7) is 5.07. The Bertz CT molecular complexity index is 226. The Morgan fingerprint density at radius 3 is 2.50 bits per heavy atom. The lowest BCUT2D eigenvalue weighted by molar-refractivity contribution is 0.0690. The van der Waals surface area contributed by atoms with E-state index < -0.39 is 13.9 Å². The third-order valence-electron chi connectivity index (χ3n) is 2.17. The molecule has 0 saturated carbocycles. The quantitative estimate of drug-likeness (QED) is 0.594. The summed E-state index contributed by atoms with van der Waals surface area (Å²) >= 11 is 0. The number of phosphoric ester groups is 1. The minimum absolute atomic E-state index is 0.125. The number of aliphatic hydroxyl groups excluding tert-OH is 1. The van der Waals surface area contributed by atoms with Crippen molar-refractivity contribution < 1.29 is 23.6 Å². The van der Waals surface area contributed by atoms with E-state index >= 15 is 0 Å². The summed E-state index contributed by atoms with van der Waals surface area (Å²) in [6, 6.07) is 0. The first-order valence-corrected chi connectivity index (χ1v) is 6.89. The summed E-state index contributed by atoms with van der Waals surface area (Å²) in [5.74, 6) is 0.